The van der Waals surface area contributed by atoms with Crippen molar-refractivity contribution in [2.45, 2.75) is 46.4 Å². The summed E-state index contributed by atoms with van der Waals surface area (Å²) in [7, 11) is 0. The summed E-state index contributed by atoms with van der Waals surface area (Å²) in [5, 5.41) is 9.28. The Morgan fingerprint density at radius 2 is 1.95 bits per heavy atom. The zero-order valence-electron chi connectivity index (χ0n) is 12.1. The first-order valence-electron chi connectivity index (χ1n) is 6.59. The molecule has 19 heavy (non-hydrogen) atoms. The number of hydrogen-bond donors (Lipinski definition) is 1. The lowest BCUT2D eigenvalue weighted by Crippen LogP contribution is -2.39. The van der Waals surface area contributed by atoms with Crippen molar-refractivity contribution in [3.63, 3.8) is 0 Å². The van der Waals surface area contributed by atoms with Gasteiger partial charge in [-0.05, 0) is 49.7 Å². The fourth-order valence-electron chi connectivity index (χ4n) is 2.07. The summed E-state index contributed by atoms with van der Waals surface area (Å²) in [4.78, 5) is 6.55. The van der Waals surface area contributed by atoms with Crippen LogP contribution >= 0.6 is 15.9 Å². The molecule has 0 atom stereocenters. The van der Waals surface area contributed by atoms with E-state index in [0.717, 1.165) is 11.0 Å². The molecule has 0 aliphatic carbocycles. The van der Waals surface area contributed by atoms with Crippen LogP contribution in [0.5, 0.6) is 5.88 Å². The summed E-state index contributed by atoms with van der Waals surface area (Å²) in [5.74, 6) is 0.512. The maximum Gasteiger partial charge on any atom is 0.218 e. The van der Waals surface area contributed by atoms with Gasteiger partial charge in [0.25, 0.3) is 0 Å². The number of pyridine rings is 1. The van der Waals surface area contributed by atoms with Crippen LogP contribution in [0.2, 0.25) is 0 Å². The minimum atomic E-state index is -0.0696. The lowest BCUT2D eigenvalue weighted by Gasteiger charge is -2.30. The van der Waals surface area contributed by atoms with Gasteiger partial charge in [0, 0.05) is 34.9 Å². The van der Waals surface area contributed by atoms with Crippen molar-refractivity contribution in [3.8, 4) is 5.88 Å². The fourth-order valence-corrected chi connectivity index (χ4v) is 2.45. The highest BCUT2D eigenvalue weighted by Gasteiger charge is 2.13. The maximum atomic E-state index is 9.28. The van der Waals surface area contributed by atoms with Crippen molar-refractivity contribution in [2.24, 2.45) is 0 Å². The first-order valence-corrected chi connectivity index (χ1v) is 7.38. The van der Waals surface area contributed by atoms with Gasteiger partial charge in [-0.1, -0.05) is 0 Å². The summed E-state index contributed by atoms with van der Waals surface area (Å²) in [6, 6.07) is 2.79. The number of rotatable bonds is 7. The minimum Gasteiger partial charge on any atom is -0.476 e. The normalized spacial score (nSPS) is 11.6. The Labute approximate surface area is 123 Å². The second-order valence-electron chi connectivity index (χ2n) is 5.05. The minimum absolute atomic E-state index is 0.0696. The van der Waals surface area contributed by atoms with Gasteiger partial charge in [0.2, 0.25) is 5.88 Å². The fraction of sp³-hybridized carbons (Fsp3) is 0.643. The molecule has 0 bridgehead atoms. The Bertz CT molecular complexity index is 389. The molecule has 1 N–H and O–H groups in total. The third-order valence-corrected chi connectivity index (χ3v) is 3.41. The van der Waals surface area contributed by atoms with Crippen molar-refractivity contribution in [1.82, 2.24) is 9.88 Å². The van der Waals surface area contributed by atoms with Crippen LogP contribution in [-0.2, 0) is 6.61 Å². The van der Waals surface area contributed by atoms with Gasteiger partial charge in [-0.3, -0.25) is 4.90 Å². The Morgan fingerprint density at radius 1 is 1.32 bits per heavy atom. The molecule has 1 aromatic heterocycles. The zero-order valence-corrected chi connectivity index (χ0v) is 13.6. The molecule has 0 unspecified atom stereocenters. The van der Waals surface area contributed by atoms with Crippen LogP contribution in [0, 0.1) is 0 Å². The molecule has 0 aliphatic rings. The summed E-state index contributed by atoms with van der Waals surface area (Å²) in [6.45, 7) is 10.1. The van der Waals surface area contributed by atoms with E-state index in [1.807, 2.05) is 6.07 Å². The van der Waals surface area contributed by atoms with Crippen molar-refractivity contribution >= 4 is 15.9 Å². The number of nitrogens with zero attached hydrogens (tertiary/aromatic N) is 2. The summed E-state index contributed by atoms with van der Waals surface area (Å²) < 4.78 is 6.52. The number of halogens is 1. The van der Waals surface area contributed by atoms with Gasteiger partial charge < -0.3 is 9.84 Å². The SMILES string of the molecule is CC(C)N(CCOc1ncc(Br)cc1CO)C(C)C. The van der Waals surface area contributed by atoms with Crippen LogP contribution in [0.3, 0.4) is 0 Å². The largest absolute Gasteiger partial charge is 0.476 e. The first-order chi connectivity index (χ1) is 8.95. The molecule has 1 rings (SSSR count). The third kappa shape index (κ3) is 5.09. The van der Waals surface area contributed by atoms with Crippen molar-refractivity contribution in [2.75, 3.05) is 13.2 Å². The van der Waals surface area contributed by atoms with Gasteiger partial charge >= 0.3 is 0 Å². The molecule has 5 heteroatoms. The van der Waals surface area contributed by atoms with E-state index in [0.29, 0.717) is 30.1 Å². The predicted octanol–water partition coefficient (Wildman–Crippen LogP) is 2.83. The van der Waals surface area contributed by atoms with E-state index in [9.17, 15) is 5.11 Å². The molecule has 0 fully saturated rings. The molecule has 1 heterocycles. The second kappa shape index (κ2) is 7.82. The van der Waals surface area contributed by atoms with Gasteiger partial charge in [0.15, 0.2) is 0 Å². The summed E-state index contributed by atoms with van der Waals surface area (Å²) in [6.07, 6.45) is 1.68. The molecule has 1 aromatic rings. The van der Waals surface area contributed by atoms with Gasteiger partial charge in [-0.2, -0.15) is 0 Å². The maximum absolute atomic E-state index is 9.28. The number of aliphatic hydroxyl groups excluding tert-OH is 1. The van der Waals surface area contributed by atoms with E-state index in [-0.39, 0.29) is 6.61 Å². The molecule has 0 spiro atoms. The number of aromatic nitrogens is 1. The Kier molecular flexibility index (Phi) is 6.75. The predicted molar refractivity (Wildman–Crippen MR) is 80.3 cm³/mol. The van der Waals surface area contributed by atoms with Crippen molar-refractivity contribution < 1.29 is 9.84 Å². The zero-order chi connectivity index (χ0) is 14.4. The average Bonchev–Trinajstić information content (AvgIpc) is 2.34. The van der Waals surface area contributed by atoms with Crippen LogP contribution in [-0.4, -0.2) is 40.2 Å². The molecule has 0 saturated heterocycles. The Morgan fingerprint density at radius 3 is 2.47 bits per heavy atom. The number of aliphatic hydroxyl groups is 1. The van der Waals surface area contributed by atoms with Gasteiger partial charge in [-0.15, -0.1) is 0 Å². The monoisotopic (exact) mass is 330 g/mol. The highest BCUT2D eigenvalue weighted by atomic mass is 79.9. The van der Waals surface area contributed by atoms with Crippen LogP contribution in [0.4, 0.5) is 0 Å². The lowest BCUT2D eigenvalue weighted by atomic mass is 10.2. The van der Waals surface area contributed by atoms with E-state index in [2.05, 4.69) is 53.5 Å². The van der Waals surface area contributed by atoms with Crippen LogP contribution in [0.25, 0.3) is 0 Å². The molecule has 0 saturated carbocycles. The van der Waals surface area contributed by atoms with Crippen molar-refractivity contribution in [3.05, 3.63) is 22.3 Å². The summed E-state index contributed by atoms with van der Waals surface area (Å²) in [5.41, 5.74) is 0.704. The Hall–Kier alpha value is -0.650. The second-order valence-corrected chi connectivity index (χ2v) is 5.97. The van der Waals surface area contributed by atoms with E-state index < -0.39 is 0 Å². The first kappa shape index (κ1) is 16.4. The Balaban J connectivity index is 2.57. The molecule has 0 aliphatic heterocycles. The average molecular weight is 331 g/mol. The molecule has 0 aromatic carbocycles. The van der Waals surface area contributed by atoms with Crippen LogP contribution in [0.1, 0.15) is 33.3 Å². The molecule has 4 nitrogen and oxygen atoms in total. The smallest absolute Gasteiger partial charge is 0.218 e. The van der Waals surface area contributed by atoms with E-state index >= 15 is 0 Å². The molecule has 108 valence electrons. The third-order valence-electron chi connectivity index (χ3n) is 2.98. The van der Waals surface area contributed by atoms with Gasteiger partial charge in [0.05, 0.1) is 6.61 Å². The standard InChI is InChI=1S/C14H23BrN2O2/c1-10(2)17(11(3)4)5-6-19-14-12(9-18)7-13(15)8-16-14/h7-8,10-11,18H,5-6,9H2,1-4H3. The lowest BCUT2D eigenvalue weighted by molar-refractivity contribution is 0.138. The van der Waals surface area contributed by atoms with Crippen molar-refractivity contribution in [1.29, 1.82) is 0 Å². The number of hydrogen-bond acceptors (Lipinski definition) is 4. The number of ether oxygens (including phenoxy) is 1. The quantitative estimate of drug-likeness (QED) is 0.835. The summed E-state index contributed by atoms with van der Waals surface area (Å²) >= 11 is 3.33. The van der Waals surface area contributed by atoms with E-state index in [1.165, 1.54) is 0 Å². The molecular weight excluding hydrogens is 308 g/mol. The topological polar surface area (TPSA) is 45.6 Å². The molecule has 0 amide bonds. The highest BCUT2D eigenvalue weighted by molar-refractivity contribution is 9.10. The van der Waals surface area contributed by atoms with Crippen LogP contribution < -0.4 is 4.74 Å². The van der Waals surface area contributed by atoms with Gasteiger partial charge in [0.1, 0.15) is 6.61 Å². The highest BCUT2D eigenvalue weighted by Crippen LogP contribution is 2.20. The van der Waals surface area contributed by atoms with Gasteiger partial charge in [-0.25, -0.2) is 4.98 Å². The van der Waals surface area contributed by atoms with E-state index in [1.54, 1.807) is 6.20 Å². The molecular formula is C14H23BrN2O2. The van der Waals surface area contributed by atoms with E-state index in [4.69, 9.17) is 4.74 Å². The van der Waals surface area contributed by atoms with Crippen LogP contribution in [0.15, 0.2) is 16.7 Å². The molecule has 0 radical (unpaired) electrons.